The van der Waals surface area contributed by atoms with Crippen molar-refractivity contribution in [2.75, 3.05) is 10.8 Å². The van der Waals surface area contributed by atoms with E-state index in [0.29, 0.717) is 10.7 Å². The van der Waals surface area contributed by atoms with Crippen molar-refractivity contribution in [3.05, 3.63) is 87.9 Å². The number of sulfonamides is 1. The first-order valence-corrected chi connectivity index (χ1v) is 12.8. The normalized spacial score (nSPS) is 16.4. The Bertz CT molecular complexity index is 1340. The molecule has 0 saturated carbocycles. The predicted octanol–water partition coefficient (Wildman–Crippen LogP) is 5.10. The lowest BCUT2D eigenvalue weighted by atomic mass is 9.96. The molecule has 3 aromatic carbocycles. The van der Waals surface area contributed by atoms with Gasteiger partial charge in [-0.1, -0.05) is 41.9 Å². The van der Waals surface area contributed by atoms with E-state index >= 15 is 0 Å². The van der Waals surface area contributed by atoms with Crippen LogP contribution in [0.15, 0.2) is 65.6 Å². The van der Waals surface area contributed by atoms with Crippen molar-refractivity contribution >= 4 is 33.2 Å². The molecule has 0 saturated heterocycles. The first-order valence-electron chi connectivity index (χ1n) is 11.0. The Morgan fingerprint density at radius 1 is 1.03 bits per heavy atom. The van der Waals surface area contributed by atoms with Crippen LogP contribution in [0.1, 0.15) is 35.2 Å². The number of amides is 1. The molecule has 1 aliphatic rings. The quantitative estimate of drug-likeness (QED) is 0.531. The number of nitrogens with one attached hydrogen (secondary N) is 1. The summed E-state index contributed by atoms with van der Waals surface area (Å²) in [4.78, 5) is 13.4. The van der Waals surface area contributed by atoms with Gasteiger partial charge in [-0.2, -0.15) is 0 Å². The minimum atomic E-state index is -3.94. The van der Waals surface area contributed by atoms with E-state index in [1.54, 1.807) is 30.3 Å². The number of rotatable bonds is 5. The van der Waals surface area contributed by atoms with Gasteiger partial charge >= 0.3 is 0 Å². The number of hydrogen-bond donors (Lipinski definition) is 1. The molecule has 4 rings (SSSR count). The van der Waals surface area contributed by atoms with Crippen LogP contribution in [0.5, 0.6) is 5.75 Å². The Kier molecular flexibility index (Phi) is 6.60. The van der Waals surface area contributed by atoms with Crippen molar-refractivity contribution in [3.63, 3.8) is 0 Å². The number of fused-ring (bicyclic) bond motifs is 1. The van der Waals surface area contributed by atoms with Crippen LogP contribution in [-0.4, -0.2) is 27.0 Å². The third-order valence-corrected chi connectivity index (χ3v) is 8.15. The van der Waals surface area contributed by atoms with Crippen LogP contribution in [0.4, 0.5) is 5.69 Å². The molecule has 8 heteroatoms. The molecule has 0 fully saturated rings. The van der Waals surface area contributed by atoms with Crippen LogP contribution in [0, 0.1) is 20.8 Å². The summed E-state index contributed by atoms with van der Waals surface area (Å²) in [5.74, 6) is -0.107. The maximum Gasteiger partial charge on any atom is 0.264 e. The van der Waals surface area contributed by atoms with Crippen molar-refractivity contribution in [2.24, 2.45) is 0 Å². The van der Waals surface area contributed by atoms with E-state index in [1.807, 2.05) is 20.8 Å². The highest BCUT2D eigenvalue weighted by Gasteiger charge is 2.38. The average molecular weight is 499 g/mol. The van der Waals surface area contributed by atoms with E-state index < -0.39 is 16.1 Å². The second kappa shape index (κ2) is 9.31. The Balaban J connectivity index is 1.64. The van der Waals surface area contributed by atoms with Crippen molar-refractivity contribution < 1.29 is 17.9 Å². The number of halogens is 1. The van der Waals surface area contributed by atoms with Crippen molar-refractivity contribution in [1.82, 2.24) is 5.32 Å². The summed E-state index contributed by atoms with van der Waals surface area (Å²) in [6.07, 6.45) is -1.03. The lowest BCUT2D eigenvalue weighted by Gasteiger charge is -2.35. The molecule has 1 aliphatic heterocycles. The summed E-state index contributed by atoms with van der Waals surface area (Å²) >= 11 is 6.16. The molecule has 0 spiro atoms. The number of carbonyl (C=O) groups is 1. The van der Waals surface area contributed by atoms with Gasteiger partial charge in [-0.3, -0.25) is 9.10 Å². The third kappa shape index (κ3) is 4.63. The maximum atomic E-state index is 13.5. The zero-order chi connectivity index (χ0) is 24.6. The van der Waals surface area contributed by atoms with Crippen LogP contribution in [0.25, 0.3) is 0 Å². The van der Waals surface area contributed by atoms with Crippen molar-refractivity contribution in [1.29, 1.82) is 0 Å². The molecule has 1 N–H and O–H groups in total. The highest BCUT2D eigenvalue weighted by molar-refractivity contribution is 7.92. The van der Waals surface area contributed by atoms with Gasteiger partial charge in [0.25, 0.3) is 15.9 Å². The highest BCUT2D eigenvalue weighted by Crippen LogP contribution is 2.39. The summed E-state index contributed by atoms with van der Waals surface area (Å²) < 4.78 is 34.1. The fraction of sp³-hybridized carbons (Fsp3) is 0.269. The Labute approximate surface area is 205 Å². The van der Waals surface area contributed by atoms with Gasteiger partial charge in [0.1, 0.15) is 5.75 Å². The first-order chi connectivity index (χ1) is 16.1. The molecule has 1 heterocycles. The van der Waals surface area contributed by atoms with E-state index in [-0.39, 0.29) is 29.1 Å². The molecule has 0 aliphatic carbocycles. The minimum absolute atomic E-state index is 0.126. The molecule has 2 atom stereocenters. The summed E-state index contributed by atoms with van der Waals surface area (Å²) in [5, 5.41) is 3.37. The molecule has 1 amide bonds. The summed E-state index contributed by atoms with van der Waals surface area (Å²) in [6.45, 7) is 7.83. The summed E-state index contributed by atoms with van der Waals surface area (Å²) in [5.41, 5.74) is 4.72. The number of anilines is 1. The number of benzene rings is 3. The Morgan fingerprint density at radius 2 is 1.71 bits per heavy atom. The van der Waals surface area contributed by atoms with Gasteiger partial charge in [0.15, 0.2) is 6.10 Å². The van der Waals surface area contributed by atoms with E-state index in [2.05, 4.69) is 24.4 Å². The van der Waals surface area contributed by atoms with Crippen LogP contribution in [0.2, 0.25) is 5.02 Å². The van der Waals surface area contributed by atoms with Crippen molar-refractivity contribution in [2.45, 2.75) is 44.7 Å². The fourth-order valence-electron chi connectivity index (χ4n) is 4.14. The maximum absolute atomic E-state index is 13.5. The third-order valence-electron chi connectivity index (χ3n) is 6.12. The van der Waals surface area contributed by atoms with Crippen LogP contribution < -0.4 is 14.4 Å². The van der Waals surface area contributed by atoms with Gasteiger partial charge in [-0.15, -0.1) is 0 Å². The number of hydrogen-bond acceptors (Lipinski definition) is 4. The molecule has 6 nitrogen and oxygen atoms in total. The fourth-order valence-corrected chi connectivity index (χ4v) is 5.80. The lowest BCUT2D eigenvalue weighted by Crippen LogP contribution is -2.51. The monoisotopic (exact) mass is 498 g/mol. The van der Waals surface area contributed by atoms with Gasteiger partial charge in [0.05, 0.1) is 23.2 Å². The van der Waals surface area contributed by atoms with E-state index in [0.717, 1.165) is 16.7 Å². The number of nitrogens with zero attached hydrogens (tertiary/aromatic N) is 1. The second-order valence-corrected chi connectivity index (χ2v) is 10.9. The van der Waals surface area contributed by atoms with E-state index in [9.17, 15) is 13.2 Å². The molecule has 178 valence electrons. The van der Waals surface area contributed by atoms with Gasteiger partial charge in [-0.05, 0) is 80.3 Å². The zero-order valence-electron chi connectivity index (χ0n) is 19.5. The molecule has 0 bridgehead atoms. The summed E-state index contributed by atoms with van der Waals surface area (Å²) in [6, 6.07) is 16.7. The lowest BCUT2D eigenvalue weighted by molar-refractivity contribution is -0.128. The molecule has 34 heavy (non-hydrogen) atoms. The van der Waals surface area contributed by atoms with E-state index in [1.165, 1.54) is 28.1 Å². The molecular formula is C26H27ClN2O4S. The molecule has 0 radical (unpaired) electrons. The average Bonchev–Trinajstić information content (AvgIpc) is 2.81. The number of aryl methyl sites for hydroxylation is 3. The smallest absolute Gasteiger partial charge is 0.264 e. The Morgan fingerprint density at radius 3 is 2.41 bits per heavy atom. The molecule has 3 aromatic rings. The van der Waals surface area contributed by atoms with Crippen LogP contribution in [-0.2, 0) is 14.8 Å². The van der Waals surface area contributed by atoms with Crippen molar-refractivity contribution in [3.8, 4) is 5.75 Å². The zero-order valence-corrected chi connectivity index (χ0v) is 21.1. The van der Waals surface area contributed by atoms with Gasteiger partial charge < -0.3 is 10.1 Å². The van der Waals surface area contributed by atoms with E-state index in [4.69, 9.17) is 16.3 Å². The molecular weight excluding hydrogens is 472 g/mol. The standard InChI is InChI=1S/C26H27ClN2O4S/c1-16-12-18(3)22(13-17(16)2)19(4)28-26(30)25-15-29(23-14-20(27)10-11-24(23)33-25)34(31,32)21-8-6-5-7-9-21/h5-14,19,25H,15H2,1-4H3,(H,28,30)/t19-,25+/m1/s1. The Hall–Kier alpha value is -3.03. The topological polar surface area (TPSA) is 75.7 Å². The number of ether oxygens (including phenoxy) is 1. The molecule has 0 unspecified atom stereocenters. The largest absolute Gasteiger partial charge is 0.476 e. The second-order valence-electron chi connectivity index (χ2n) is 8.59. The van der Waals surface area contributed by atoms with Crippen LogP contribution in [0.3, 0.4) is 0 Å². The summed E-state index contributed by atoms with van der Waals surface area (Å²) in [7, 11) is -3.94. The van der Waals surface area contributed by atoms with Gasteiger partial charge in [0.2, 0.25) is 0 Å². The minimum Gasteiger partial charge on any atom is -0.476 e. The molecule has 0 aromatic heterocycles. The number of carbonyl (C=O) groups excluding carboxylic acids is 1. The van der Waals surface area contributed by atoms with Crippen LogP contribution >= 0.6 is 11.6 Å². The highest BCUT2D eigenvalue weighted by atomic mass is 35.5. The first kappa shape index (κ1) is 24.1. The van der Waals surface area contributed by atoms with Gasteiger partial charge in [0, 0.05) is 5.02 Å². The van der Waals surface area contributed by atoms with Gasteiger partial charge in [-0.25, -0.2) is 8.42 Å². The SMILES string of the molecule is Cc1cc(C)c([C@@H](C)NC(=O)[C@@H]2CN(S(=O)(=O)c3ccccc3)c3cc(Cl)ccc3O2)cc1C. The predicted molar refractivity (Wildman–Crippen MR) is 134 cm³/mol.